The molecule has 0 unspecified atom stereocenters. The third kappa shape index (κ3) is 9.35. The summed E-state index contributed by atoms with van der Waals surface area (Å²) in [6.45, 7) is 0. The minimum Gasteiger partial charge on any atom is -1.00 e. The number of hydrogen-bond donors (Lipinski definition) is 0. The molecule has 0 rings (SSSR count). The molecule has 0 aliphatic rings. The molecule has 0 spiro atoms. The topological polar surface area (TPSA) is 0 Å². The maximum atomic E-state index is 0. The van der Waals surface area contributed by atoms with Gasteiger partial charge in [0.1, 0.15) is 0 Å². The van der Waals surface area contributed by atoms with Crippen LogP contribution in [0.4, 0.5) is 0 Å². The molecule has 4 heavy (non-hydrogen) atoms. The summed E-state index contributed by atoms with van der Waals surface area (Å²) < 4.78 is 0. The molecule has 0 heterocycles. The number of rotatable bonds is 0. The largest absolute Gasteiger partial charge is 2.00 e. The maximum Gasteiger partial charge on any atom is 2.00 e. The van der Waals surface area contributed by atoms with Gasteiger partial charge in [-0.3, -0.25) is 0 Å². The van der Waals surface area contributed by atoms with Crippen LogP contribution in [0.25, 0.3) is 0 Å². The van der Waals surface area contributed by atoms with E-state index in [4.69, 9.17) is 0 Å². The van der Waals surface area contributed by atoms with Crippen LogP contribution in [0.1, 0.15) is 7.13 Å². The first-order chi connectivity index (χ1) is 0. The second kappa shape index (κ2) is 15.8. The van der Waals surface area contributed by atoms with E-state index in [0.29, 0.717) is 0 Å². The van der Waals surface area contributed by atoms with Crippen LogP contribution >= 0.6 is 12.4 Å². The van der Waals surface area contributed by atoms with Crippen molar-refractivity contribution < 1.29 is 58.5 Å². The molecule has 0 radical (unpaired) electrons. The van der Waals surface area contributed by atoms with E-state index >= 15 is 0 Å². The normalized spacial score (nSPS) is 0. The van der Waals surface area contributed by atoms with Crippen LogP contribution < -0.4 is 51.4 Å². The molecule has 0 amide bonds. The van der Waals surface area contributed by atoms with Gasteiger partial charge in [-0.1, -0.05) is 0 Å². The Morgan fingerprint density at radius 2 is 1.25 bits per heavy atom. The molecule has 4 heteroatoms. The molecule has 0 aromatic rings. The predicted octanol–water partition coefficient (Wildman–Crippen LogP) is -2.77. The van der Waals surface area contributed by atoms with E-state index in [-0.39, 0.29) is 132 Å². The number of halogens is 1. The van der Waals surface area contributed by atoms with Gasteiger partial charge in [-0.25, -0.2) is 0 Å². The Balaban J connectivity index is 0. The molecule has 0 aromatic carbocycles. The van der Waals surface area contributed by atoms with Crippen LogP contribution in [0.3, 0.4) is 0 Å². The molecular formula is H6CaClKMg. The fourth-order valence-electron chi connectivity index (χ4n) is 0. The smallest absolute Gasteiger partial charge is 1.00 e. The first kappa shape index (κ1) is 24.6. The van der Waals surface area contributed by atoms with Gasteiger partial charge in [-0.05, 0) is 0 Å². The zero-order valence-corrected chi connectivity index (χ0v) is 10.4. The molecule has 0 N–H and O–H groups in total. The van der Waals surface area contributed by atoms with Crippen LogP contribution in [0.15, 0.2) is 0 Å². The van der Waals surface area contributed by atoms with Gasteiger partial charge in [0.2, 0.25) is 0 Å². The van der Waals surface area contributed by atoms with Gasteiger partial charge in [0.15, 0.2) is 0 Å². The zero-order valence-electron chi connectivity index (χ0n) is 7.82. The summed E-state index contributed by atoms with van der Waals surface area (Å²) in [5.41, 5.74) is 0. The first-order valence-corrected chi connectivity index (χ1v) is 0. The third-order valence-electron chi connectivity index (χ3n) is 0. The summed E-state index contributed by atoms with van der Waals surface area (Å²) in [6, 6.07) is 0. The van der Waals surface area contributed by atoms with Gasteiger partial charge in [0, 0.05) is 0 Å². The Hall–Kier alpha value is 3.95. The van der Waals surface area contributed by atoms with E-state index in [0.717, 1.165) is 0 Å². The summed E-state index contributed by atoms with van der Waals surface area (Å²) in [7, 11) is 0. The summed E-state index contributed by atoms with van der Waals surface area (Å²) >= 11 is 0. The van der Waals surface area contributed by atoms with Crippen molar-refractivity contribution in [1.82, 2.24) is 0 Å². The Kier molecular flexibility index (Phi) is 97.0. The fourth-order valence-corrected chi connectivity index (χ4v) is 0. The molecule has 0 bridgehead atoms. The molecular weight excluding hydrogens is 139 g/mol. The van der Waals surface area contributed by atoms with Crippen molar-refractivity contribution in [2.24, 2.45) is 0 Å². The van der Waals surface area contributed by atoms with Crippen molar-refractivity contribution in [3.63, 3.8) is 0 Å². The Bertz CT molecular complexity index is 16.9. The third-order valence-corrected chi connectivity index (χ3v) is 0. The van der Waals surface area contributed by atoms with Gasteiger partial charge in [0.25, 0.3) is 0 Å². The average molecular weight is 145 g/mol. The van der Waals surface area contributed by atoms with Crippen LogP contribution in [0, 0.1) is 0 Å². The first-order valence-electron chi connectivity index (χ1n) is 0. The van der Waals surface area contributed by atoms with Crippen LogP contribution in [-0.4, -0.2) is 60.8 Å². The van der Waals surface area contributed by atoms with Crippen molar-refractivity contribution in [1.29, 1.82) is 0 Å². The molecule has 0 nitrogen and oxygen atoms in total. The average Bonchev–Trinajstić information content (AvgIpc) is 0. The molecule has 0 fully saturated rings. The van der Waals surface area contributed by atoms with E-state index < -0.39 is 0 Å². The van der Waals surface area contributed by atoms with Gasteiger partial charge >= 0.3 is 112 Å². The maximum absolute atomic E-state index is 0. The molecule has 0 aliphatic heterocycles. The standard InChI is InChI=1S/Ca.ClH.K.Mg.5H/h;1H;;;;;;;/q+2;;+1;+2;5*-1. The number of hydrogen-bond acceptors (Lipinski definition) is 0. The van der Waals surface area contributed by atoms with Crippen LogP contribution in [0.2, 0.25) is 0 Å². The monoisotopic (exact) mass is 144 g/mol. The van der Waals surface area contributed by atoms with Gasteiger partial charge in [0.05, 0.1) is 0 Å². The summed E-state index contributed by atoms with van der Waals surface area (Å²) in [5, 5.41) is 0. The summed E-state index contributed by atoms with van der Waals surface area (Å²) in [6.07, 6.45) is 0. The summed E-state index contributed by atoms with van der Waals surface area (Å²) in [5.74, 6) is 0. The minimum atomic E-state index is 0. The van der Waals surface area contributed by atoms with Crippen molar-refractivity contribution in [2.45, 2.75) is 0 Å². The quantitative estimate of drug-likeness (QED) is 0.323. The molecule has 0 atom stereocenters. The molecule has 0 saturated carbocycles. The van der Waals surface area contributed by atoms with E-state index in [1.165, 1.54) is 0 Å². The summed E-state index contributed by atoms with van der Waals surface area (Å²) in [4.78, 5) is 0. The fraction of sp³-hybridized carbons (Fsp3) is 0. The van der Waals surface area contributed by atoms with Crippen molar-refractivity contribution in [3.05, 3.63) is 0 Å². The van der Waals surface area contributed by atoms with Crippen LogP contribution in [-0.2, 0) is 0 Å². The van der Waals surface area contributed by atoms with E-state index in [9.17, 15) is 0 Å². The van der Waals surface area contributed by atoms with Gasteiger partial charge < -0.3 is 7.13 Å². The second-order valence-electron chi connectivity index (χ2n) is 0. The minimum absolute atomic E-state index is 0. The molecule has 0 aromatic heterocycles. The van der Waals surface area contributed by atoms with Crippen molar-refractivity contribution >= 4 is 73.2 Å². The van der Waals surface area contributed by atoms with E-state index in [1.54, 1.807) is 0 Å². The van der Waals surface area contributed by atoms with E-state index in [2.05, 4.69) is 0 Å². The Morgan fingerprint density at radius 3 is 1.25 bits per heavy atom. The molecule has 18 valence electrons. The van der Waals surface area contributed by atoms with Crippen molar-refractivity contribution in [3.8, 4) is 0 Å². The Labute approximate surface area is 128 Å². The van der Waals surface area contributed by atoms with Gasteiger partial charge in [-0.2, -0.15) is 0 Å². The van der Waals surface area contributed by atoms with Gasteiger partial charge in [-0.15, -0.1) is 12.4 Å². The predicted molar refractivity (Wildman–Crippen MR) is 24.3 cm³/mol. The SMILES string of the molecule is Cl.[Ca+2].[H-].[H-].[H-].[H-].[H-].[K+].[Mg+2]. The second-order valence-corrected chi connectivity index (χ2v) is 0. The Morgan fingerprint density at radius 1 is 1.25 bits per heavy atom. The zero-order chi connectivity index (χ0) is 0. The van der Waals surface area contributed by atoms with E-state index in [1.807, 2.05) is 0 Å². The molecule has 0 saturated heterocycles. The molecule has 0 aliphatic carbocycles. The van der Waals surface area contributed by atoms with Crippen LogP contribution in [0.5, 0.6) is 0 Å². The van der Waals surface area contributed by atoms with Crippen molar-refractivity contribution in [2.75, 3.05) is 0 Å².